The van der Waals surface area contributed by atoms with Crippen molar-refractivity contribution in [2.75, 3.05) is 5.32 Å². The minimum atomic E-state index is -1.37. The fourth-order valence-electron chi connectivity index (χ4n) is 2.86. The summed E-state index contributed by atoms with van der Waals surface area (Å²) in [5, 5.41) is 2.90. The third-order valence-electron chi connectivity index (χ3n) is 4.81. The average Bonchev–Trinajstić information content (AvgIpc) is 2.68. The molecule has 1 aromatic rings. The lowest BCUT2D eigenvalue weighted by molar-refractivity contribution is -0.153. The Bertz CT molecular complexity index is 669. The Balaban J connectivity index is 2.52. The third kappa shape index (κ3) is 3.13. The van der Waals surface area contributed by atoms with Crippen LogP contribution in [-0.2, 0) is 20.9 Å². The number of carbonyl (C=O) groups excluding carboxylic acids is 3. The van der Waals surface area contributed by atoms with Crippen molar-refractivity contribution in [3.05, 3.63) is 29.8 Å². The summed E-state index contributed by atoms with van der Waals surface area (Å²) in [6, 6.07) is 6.73. The zero-order valence-corrected chi connectivity index (χ0v) is 14.6. The summed E-state index contributed by atoms with van der Waals surface area (Å²) in [6.07, 6.45) is 0.731. The molecule has 6 nitrogen and oxygen atoms in total. The molecule has 1 heterocycles. The molecule has 1 aromatic carbocycles. The minimum absolute atomic E-state index is 0.0491. The van der Waals surface area contributed by atoms with Crippen molar-refractivity contribution in [2.24, 2.45) is 17.1 Å². The van der Waals surface area contributed by atoms with E-state index in [0.717, 1.165) is 12.0 Å². The Kier molecular flexibility index (Phi) is 4.96. The maximum Gasteiger partial charge on any atom is 0.247 e. The maximum absolute atomic E-state index is 13.0. The number of nitrogens with one attached hydrogen (secondary N) is 1. The molecular formula is C18H25N3O3. The van der Waals surface area contributed by atoms with E-state index in [1.165, 1.54) is 18.7 Å². The number of fused-ring (bicyclic) bond motifs is 1. The standard InChI is InChI=1S/C18H25N3O3/c1-5-11(2)14-15(22)20-13-9-7-6-8-12(13)10-21(14)17(24)18(3,4)16(19)23/h6-9,11,14H,5,10H2,1-4H3,(H2,19,23)(H,20,22)/t11-,14-/m0/s1. The fraction of sp³-hybridized carbons (Fsp3) is 0.500. The van der Waals surface area contributed by atoms with Gasteiger partial charge in [0.1, 0.15) is 11.5 Å². The number of nitrogens with zero attached hydrogens (tertiary/aromatic N) is 1. The normalized spacial score (nSPS) is 19.1. The first-order chi connectivity index (χ1) is 11.2. The van der Waals surface area contributed by atoms with Crippen LogP contribution in [0.25, 0.3) is 0 Å². The predicted octanol–water partition coefficient (Wildman–Crippen LogP) is 1.89. The largest absolute Gasteiger partial charge is 0.369 e. The number of nitrogens with two attached hydrogens (primary N) is 1. The zero-order chi connectivity index (χ0) is 18.1. The fourth-order valence-corrected chi connectivity index (χ4v) is 2.86. The summed E-state index contributed by atoms with van der Waals surface area (Å²) in [4.78, 5) is 39.1. The van der Waals surface area contributed by atoms with Crippen molar-refractivity contribution in [1.82, 2.24) is 4.90 Å². The number of benzene rings is 1. The number of rotatable bonds is 4. The summed E-state index contributed by atoms with van der Waals surface area (Å²) in [7, 11) is 0. The highest BCUT2D eigenvalue weighted by atomic mass is 16.2. The molecule has 2 atom stereocenters. The van der Waals surface area contributed by atoms with Gasteiger partial charge in [0.05, 0.1) is 0 Å². The maximum atomic E-state index is 13.0. The van der Waals surface area contributed by atoms with Crippen molar-refractivity contribution in [2.45, 2.75) is 46.7 Å². The predicted molar refractivity (Wildman–Crippen MR) is 91.8 cm³/mol. The molecule has 1 aliphatic rings. The lowest BCUT2D eigenvalue weighted by Gasteiger charge is -2.36. The van der Waals surface area contributed by atoms with Crippen LogP contribution < -0.4 is 11.1 Å². The molecule has 0 saturated carbocycles. The molecule has 0 unspecified atom stereocenters. The van der Waals surface area contributed by atoms with Crippen LogP contribution in [-0.4, -0.2) is 28.7 Å². The van der Waals surface area contributed by atoms with Crippen LogP contribution in [0.5, 0.6) is 0 Å². The number of carbonyl (C=O) groups is 3. The van der Waals surface area contributed by atoms with E-state index >= 15 is 0 Å². The number of amides is 3. The van der Waals surface area contributed by atoms with Gasteiger partial charge in [-0.05, 0) is 31.4 Å². The molecule has 3 N–H and O–H groups in total. The summed E-state index contributed by atoms with van der Waals surface area (Å²) >= 11 is 0. The molecule has 24 heavy (non-hydrogen) atoms. The van der Waals surface area contributed by atoms with E-state index in [9.17, 15) is 14.4 Å². The van der Waals surface area contributed by atoms with Gasteiger partial charge in [0.25, 0.3) is 0 Å². The Morgan fingerprint density at radius 3 is 2.58 bits per heavy atom. The second kappa shape index (κ2) is 6.63. The van der Waals surface area contributed by atoms with Crippen molar-refractivity contribution >= 4 is 23.4 Å². The lowest BCUT2D eigenvalue weighted by atomic mass is 9.88. The van der Waals surface area contributed by atoms with Crippen LogP contribution >= 0.6 is 0 Å². The summed E-state index contributed by atoms with van der Waals surface area (Å²) in [5.74, 6) is -1.41. The van der Waals surface area contributed by atoms with Crippen molar-refractivity contribution < 1.29 is 14.4 Å². The van der Waals surface area contributed by atoms with E-state index in [2.05, 4.69) is 5.32 Å². The highest BCUT2D eigenvalue weighted by Gasteiger charge is 2.44. The topological polar surface area (TPSA) is 92.5 Å². The van der Waals surface area contributed by atoms with Gasteiger partial charge in [-0.15, -0.1) is 0 Å². The van der Waals surface area contributed by atoms with Crippen LogP contribution in [0.4, 0.5) is 5.69 Å². The van der Waals surface area contributed by atoms with Gasteiger partial charge in [0.2, 0.25) is 17.7 Å². The zero-order valence-electron chi connectivity index (χ0n) is 14.6. The van der Waals surface area contributed by atoms with Crippen molar-refractivity contribution in [3.8, 4) is 0 Å². The number of hydrogen-bond donors (Lipinski definition) is 2. The van der Waals surface area contributed by atoms with Gasteiger partial charge in [-0.2, -0.15) is 0 Å². The Hall–Kier alpha value is -2.37. The number of primary amides is 1. The summed E-state index contributed by atoms with van der Waals surface area (Å²) in [5.41, 5.74) is 5.58. The van der Waals surface area contributed by atoms with Gasteiger partial charge < -0.3 is 16.0 Å². The van der Waals surface area contributed by atoms with E-state index in [1.54, 1.807) is 0 Å². The molecule has 3 amide bonds. The molecular weight excluding hydrogens is 306 g/mol. The van der Waals surface area contributed by atoms with Gasteiger partial charge in [-0.1, -0.05) is 38.5 Å². The summed E-state index contributed by atoms with van der Waals surface area (Å²) < 4.78 is 0. The Labute approximate surface area is 142 Å². The van der Waals surface area contributed by atoms with Crippen molar-refractivity contribution in [3.63, 3.8) is 0 Å². The first-order valence-corrected chi connectivity index (χ1v) is 8.19. The number of hydrogen-bond acceptors (Lipinski definition) is 3. The van der Waals surface area contributed by atoms with Gasteiger partial charge in [-0.25, -0.2) is 0 Å². The first kappa shape index (κ1) is 18.0. The van der Waals surface area contributed by atoms with E-state index < -0.39 is 23.3 Å². The molecule has 130 valence electrons. The van der Waals surface area contributed by atoms with Crippen molar-refractivity contribution in [1.29, 1.82) is 0 Å². The SMILES string of the molecule is CC[C@H](C)[C@H]1C(=O)Nc2ccccc2CN1C(=O)C(C)(C)C(N)=O. The lowest BCUT2D eigenvalue weighted by Crippen LogP contribution is -2.55. The molecule has 0 fully saturated rings. The van der Waals surface area contributed by atoms with Gasteiger partial charge in [-0.3, -0.25) is 14.4 Å². The molecule has 0 aliphatic carbocycles. The highest BCUT2D eigenvalue weighted by Crippen LogP contribution is 2.30. The molecule has 1 aliphatic heterocycles. The molecule has 6 heteroatoms. The molecule has 0 radical (unpaired) electrons. The van der Waals surface area contributed by atoms with Crippen LogP contribution in [0.1, 0.15) is 39.7 Å². The molecule has 0 spiro atoms. The molecule has 0 bridgehead atoms. The highest BCUT2D eigenvalue weighted by molar-refractivity contribution is 6.06. The average molecular weight is 331 g/mol. The molecule has 0 aromatic heterocycles. The minimum Gasteiger partial charge on any atom is -0.369 e. The van der Waals surface area contributed by atoms with Gasteiger partial charge in [0.15, 0.2) is 0 Å². The monoisotopic (exact) mass is 331 g/mol. The number of para-hydroxylation sites is 1. The van der Waals surface area contributed by atoms with Gasteiger partial charge in [0, 0.05) is 12.2 Å². The first-order valence-electron chi connectivity index (χ1n) is 8.19. The van der Waals surface area contributed by atoms with Crippen LogP contribution in [0.2, 0.25) is 0 Å². The summed E-state index contributed by atoms with van der Waals surface area (Å²) in [6.45, 7) is 7.16. The van der Waals surface area contributed by atoms with E-state index in [-0.39, 0.29) is 18.4 Å². The van der Waals surface area contributed by atoms with Crippen LogP contribution in [0.3, 0.4) is 0 Å². The number of anilines is 1. The van der Waals surface area contributed by atoms with Gasteiger partial charge >= 0.3 is 0 Å². The Morgan fingerprint density at radius 1 is 1.38 bits per heavy atom. The van der Waals surface area contributed by atoms with Crippen LogP contribution in [0.15, 0.2) is 24.3 Å². The second-order valence-electron chi connectivity index (χ2n) is 6.90. The third-order valence-corrected chi connectivity index (χ3v) is 4.81. The van der Waals surface area contributed by atoms with Crippen LogP contribution in [0, 0.1) is 11.3 Å². The molecule has 2 rings (SSSR count). The van der Waals surface area contributed by atoms with E-state index in [1.807, 2.05) is 38.1 Å². The molecule has 0 saturated heterocycles. The second-order valence-corrected chi connectivity index (χ2v) is 6.90. The Morgan fingerprint density at radius 2 is 2.00 bits per heavy atom. The smallest absolute Gasteiger partial charge is 0.247 e. The van der Waals surface area contributed by atoms with E-state index in [0.29, 0.717) is 5.69 Å². The quantitative estimate of drug-likeness (QED) is 0.825. The van der Waals surface area contributed by atoms with E-state index in [4.69, 9.17) is 5.73 Å².